The molecule has 0 aliphatic carbocycles. The first-order valence-corrected chi connectivity index (χ1v) is 7.80. The molecule has 3 rings (SSSR count). The minimum Gasteiger partial charge on any atom is -0.698 e. The molecule has 0 saturated heterocycles. The first-order chi connectivity index (χ1) is 13.0. The Balaban J connectivity index is 0.00000280. The molecule has 142 valence electrons. The summed E-state index contributed by atoms with van der Waals surface area (Å²) in [6.07, 6.45) is 3.13. The first kappa shape index (κ1) is 20.7. The normalized spacial score (nSPS) is 9.68. The van der Waals surface area contributed by atoms with E-state index in [4.69, 9.17) is 16.4 Å². The van der Waals surface area contributed by atoms with Gasteiger partial charge >= 0.3 is 0 Å². The molecule has 2 aromatic carbocycles. The summed E-state index contributed by atoms with van der Waals surface area (Å²) in [7, 11) is 0. The summed E-state index contributed by atoms with van der Waals surface area (Å²) in [4.78, 5) is 14.6. The Hall–Kier alpha value is -3.59. The van der Waals surface area contributed by atoms with Crippen LogP contribution in [0.3, 0.4) is 0 Å². The van der Waals surface area contributed by atoms with E-state index < -0.39 is 4.92 Å². The number of hydrogen-bond acceptors (Lipinski definition) is 6. The van der Waals surface area contributed by atoms with Crippen LogP contribution in [0.25, 0.3) is 5.73 Å². The summed E-state index contributed by atoms with van der Waals surface area (Å²) in [6, 6.07) is 14.1. The molecule has 0 aliphatic rings. The third-order valence-corrected chi connectivity index (χ3v) is 3.86. The average Bonchev–Trinajstić information content (AvgIpc) is 2.69. The molecule has 0 radical (unpaired) electrons. The van der Waals surface area contributed by atoms with E-state index in [2.05, 4.69) is 10.3 Å². The van der Waals surface area contributed by atoms with E-state index in [0.717, 1.165) is 0 Å². The van der Waals surface area contributed by atoms with Crippen molar-refractivity contribution in [3.05, 3.63) is 93.5 Å². The minimum absolute atomic E-state index is 0. The number of rotatable bonds is 5. The van der Waals surface area contributed by atoms with Gasteiger partial charge in [0, 0.05) is 50.1 Å². The summed E-state index contributed by atoms with van der Waals surface area (Å²) in [5, 5.41) is 31.5. The van der Waals surface area contributed by atoms with Gasteiger partial charge in [0.25, 0.3) is 5.69 Å². The molecule has 3 aromatic rings. The number of nitro benzene ring substituents is 1. The van der Waals surface area contributed by atoms with Crippen LogP contribution in [-0.2, 0) is 20.4 Å². The van der Waals surface area contributed by atoms with E-state index in [-0.39, 0.29) is 48.8 Å². The van der Waals surface area contributed by atoms with Gasteiger partial charge < -0.3 is 11.1 Å². The predicted molar refractivity (Wildman–Crippen MR) is 102 cm³/mol. The van der Waals surface area contributed by atoms with Crippen molar-refractivity contribution in [1.82, 2.24) is 4.98 Å². The van der Waals surface area contributed by atoms with Crippen molar-refractivity contribution >= 4 is 28.5 Å². The van der Waals surface area contributed by atoms with Crippen LogP contribution >= 0.6 is 0 Å². The van der Waals surface area contributed by atoms with E-state index in [1.807, 2.05) is 6.07 Å². The summed E-state index contributed by atoms with van der Waals surface area (Å²) < 4.78 is 0. The molecule has 0 atom stereocenters. The van der Waals surface area contributed by atoms with E-state index >= 15 is 0 Å². The second kappa shape index (κ2) is 8.87. The second-order valence-corrected chi connectivity index (χ2v) is 5.60. The van der Waals surface area contributed by atoms with Crippen LogP contribution in [0, 0.1) is 26.9 Å². The molecule has 0 bridgehead atoms. The van der Waals surface area contributed by atoms with E-state index in [1.54, 1.807) is 36.7 Å². The number of aromatic nitrogens is 1. The maximum atomic E-state index is 11.3. The van der Waals surface area contributed by atoms with Crippen molar-refractivity contribution in [1.29, 1.82) is 10.7 Å². The maximum Gasteiger partial charge on any atom is 0.293 e. The Morgan fingerprint density at radius 3 is 2.54 bits per heavy atom. The van der Waals surface area contributed by atoms with Gasteiger partial charge in [0.1, 0.15) is 5.69 Å². The SMILES string of the molecule is N#Cc1ccc(Nc2ccc([NH-])c(C(=N)c3ccncc3)c2)c([N+](=O)[O-])c1.[Pd]. The van der Waals surface area contributed by atoms with Gasteiger partial charge in [-0.3, -0.25) is 20.5 Å². The summed E-state index contributed by atoms with van der Waals surface area (Å²) >= 11 is 0. The summed E-state index contributed by atoms with van der Waals surface area (Å²) in [5.41, 5.74) is 10.0. The molecular weight excluding hydrogens is 451 g/mol. The topological polar surface area (TPSA) is 140 Å². The molecule has 0 unspecified atom stereocenters. The monoisotopic (exact) mass is 463 g/mol. The number of hydrogen-bond donors (Lipinski definition) is 2. The van der Waals surface area contributed by atoms with Crippen LogP contribution in [0.4, 0.5) is 22.7 Å². The predicted octanol–water partition coefficient (Wildman–Crippen LogP) is 4.70. The minimum atomic E-state index is -0.568. The third-order valence-electron chi connectivity index (χ3n) is 3.86. The van der Waals surface area contributed by atoms with Gasteiger partial charge in [-0.15, -0.1) is 5.69 Å². The Kier molecular flexibility index (Phi) is 6.56. The molecule has 9 heteroatoms. The van der Waals surface area contributed by atoms with Gasteiger partial charge in [-0.1, -0.05) is 6.07 Å². The van der Waals surface area contributed by atoms with Gasteiger partial charge in [0.15, 0.2) is 0 Å². The molecule has 3 N–H and O–H groups in total. The second-order valence-electron chi connectivity index (χ2n) is 5.60. The zero-order valence-electron chi connectivity index (χ0n) is 14.2. The first-order valence-electron chi connectivity index (χ1n) is 7.80. The largest absolute Gasteiger partial charge is 0.698 e. The van der Waals surface area contributed by atoms with Crippen molar-refractivity contribution in [3.63, 3.8) is 0 Å². The number of nitro groups is 1. The molecule has 0 aliphatic heterocycles. The Bertz CT molecular complexity index is 1080. The molecule has 8 nitrogen and oxygen atoms in total. The number of pyridine rings is 1. The number of nitrogens with one attached hydrogen (secondary N) is 3. The van der Waals surface area contributed by atoms with Gasteiger partial charge in [0.05, 0.1) is 22.3 Å². The number of nitriles is 1. The van der Waals surface area contributed by atoms with E-state index in [1.165, 1.54) is 24.3 Å². The summed E-state index contributed by atoms with van der Waals surface area (Å²) in [5.74, 6) is 0. The molecule has 0 amide bonds. The van der Waals surface area contributed by atoms with Gasteiger partial charge in [-0.2, -0.15) is 5.26 Å². The molecule has 28 heavy (non-hydrogen) atoms. The van der Waals surface area contributed by atoms with Gasteiger partial charge in [-0.05, 0) is 42.0 Å². The Morgan fingerprint density at radius 2 is 1.89 bits per heavy atom. The Labute approximate surface area is 174 Å². The van der Waals surface area contributed by atoms with Crippen molar-refractivity contribution in [3.8, 4) is 6.07 Å². The third kappa shape index (κ3) is 4.38. The van der Waals surface area contributed by atoms with Gasteiger partial charge in [0.2, 0.25) is 0 Å². The fourth-order valence-electron chi connectivity index (χ4n) is 2.52. The fraction of sp³-hybridized carbons (Fsp3) is 0. The van der Waals surface area contributed by atoms with Crippen LogP contribution in [0.5, 0.6) is 0 Å². The quantitative estimate of drug-likeness (QED) is 0.244. The van der Waals surface area contributed by atoms with Crippen LogP contribution in [0.15, 0.2) is 60.9 Å². The summed E-state index contributed by atoms with van der Waals surface area (Å²) in [6.45, 7) is 0. The number of benzene rings is 2. The van der Waals surface area contributed by atoms with Crippen LogP contribution in [0.1, 0.15) is 16.7 Å². The van der Waals surface area contributed by atoms with Crippen LogP contribution in [0.2, 0.25) is 0 Å². The molecular formula is C19H13N6O2Pd-. The van der Waals surface area contributed by atoms with Crippen molar-refractivity contribution < 1.29 is 25.3 Å². The number of anilines is 2. The van der Waals surface area contributed by atoms with E-state index in [0.29, 0.717) is 16.8 Å². The molecule has 0 saturated carbocycles. The zero-order chi connectivity index (χ0) is 19.4. The van der Waals surface area contributed by atoms with Crippen molar-refractivity contribution in [2.24, 2.45) is 0 Å². The van der Waals surface area contributed by atoms with E-state index in [9.17, 15) is 10.1 Å². The van der Waals surface area contributed by atoms with Crippen LogP contribution < -0.4 is 5.32 Å². The van der Waals surface area contributed by atoms with Crippen molar-refractivity contribution in [2.45, 2.75) is 0 Å². The molecule has 0 spiro atoms. The Morgan fingerprint density at radius 1 is 1.18 bits per heavy atom. The standard InChI is InChI=1S/C19H13N6O2.Pd/c20-11-12-1-4-17(18(9-12)25(26)27)24-14-2-3-16(21)15(10-14)19(22)13-5-7-23-8-6-13;/h1-10,21-22,24H;/q-1;. The van der Waals surface area contributed by atoms with Gasteiger partial charge in [-0.25, -0.2) is 0 Å². The maximum absolute atomic E-state index is 11.3. The fourth-order valence-corrected chi connectivity index (χ4v) is 2.52. The van der Waals surface area contributed by atoms with Crippen LogP contribution in [-0.4, -0.2) is 15.6 Å². The molecule has 1 heterocycles. The average molecular weight is 464 g/mol. The molecule has 1 aromatic heterocycles. The molecule has 0 fully saturated rings. The zero-order valence-corrected chi connectivity index (χ0v) is 15.8. The number of nitrogens with zero attached hydrogens (tertiary/aromatic N) is 3. The van der Waals surface area contributed by atoms with Crippen molar-refractivity contribution in [2.75, 3.05) is 5.32 Å². The smallest absolute Gasteiger partial charge is 0.293 e.